The highest BCUT2D eigenvalue weighted by Gasteiger charge is 2.20. The van der Waals surface area contributed by atoms with Crippen LogP contribution in [-0.2, 0) is 28.3 Å². The van der Waals surface area contributed by atoms with Crippen molar-refractivity contribution in [2.24, 2.45) is 7.05 Å². The number of fused-ring (bicyclic) bond motifs is 2. The predicted molar refractivity (Wildman–Crippen MR) is 119 cm³/mol. The predicted octanol–water partition coefficient (Wildman–Crippen LogP) is 2.36. The summed E-state index contributed by atoms with van der Waals surface area (Å²) < 4.78 is 38.5. The molecule has 0 saturated heterocycles. The molecular weight excluding hydrogens is 432 g/mol. The number of carbonyl (C=O) groups is 1. The number of amides is 1. The zero-order chi connectivity index (χ0) is 23.0. The van der Waals surface area contributed by atoms with E-state index in [0.29, 0.717) is 29.3 Å². The van der Waals surface area contributed by atoms with Gasteiger partial charge in [0, 0.05) is 34.0 Å². The molecule has 170 valence electrons. The number of imidazole rings is 1. The zero-order valence-corrected chi connectivity index (χ0v) is 19.3. The fourth-order valence-corrected chi connectivity index (χ4v) is 4.55. The molecule has 1 N–H and O–H groups in total. The Labute approximate surface area is 187 Å². The topological polar surface area (TPSA) is 103 Å². The lowest BCUT2D eigenvalue weighted by Crippen LogP contribution is -2.27. The number of benzene rings is 2. The van der Waals surface area contributed by atoms with Gasteiger partial charge in [0.2, 0.25) is 22.7 Å². The first kappa shape index (κ1) is 22.1. The molecule has 0 saturated carbocycles. The molecule has 4 rings (SSSR count). The minimum atomic E-state index is -3.54. The number of sulfonamides is 1. The molecule has 1 aliphatic rings. The normalized spacial score (nSPS) is 14.2. The second-order valence-electron chi connectivity index (χ2n) is 7.93. The Morgan fingerprint density at radius 2 is 1.94 bits per heavy atom. The van der Waals surface area contributed by atoms with Crippen molar-refractivity contribution in [3.05, 3.63) is 47.8 Å². The number of hydrogen-bond donors (Lipinski definition) is 1. The monoisotopic (exact) mass is 458 g/mol. The van der Waals surface area contributed by atoms with Crippen molar-refractivity contribution >= 4 is 27.0 Å². The second kappa shape index (κ2) is 8.44. The molecule has 10 heteroatoms. The third-order valence-electron chi connectivity index (χ3n) is 5.57. The Hall–Kier alpha value is -3.11. The molecule has 1 aromatic heterocycles. The van der Waals surface area contributed by atoms with Crippen LogP contribution in [0.15, 0.2) is 41.3 Å². The van der Waals surface area contributed by atoms with Crippen LogP contribution in [0, 0.1) is 0 Å². The third kappa shape index (κ3) is 4.15. The minimum absolute atomic E-state index is 0.0990. The van der Waals surface area contributed by atoms with E-state index >= 15 is 0 Å². The molecule has 2 aromatic carbocycles. The number of aromatic nitrogens is 2. The summed E-state index contributed by atoms with van der Waals surface area (Å²) in [5.41, 5.74) is 2.33. The lowest BCUT2D eigenvalue weighted by molar-refractivity contribution is -0.121. The second-order valence-corrected chi connectivity index (χ2v) is 10.1. The average Bonchev–Trinajstić information content (AvgIpc) is 3.35. The van der Waals surface area contributed by atoms with Crippen molar-refractivity contribution < 1.29 is 22.7 Å². The van der Waals surface area contributed by atoms with Crippen LogP contribution < -0.4 is 14.8 Å². The third-order valence-corrected chi connectivity index (χ3v) is 7.38. The maximum atomic E-state index is 12.5. The van der Waals surface area contributed by atoms with E-state index in [4.69, 9.17) is 9.47 Å². The van der Waals surface area contributed by atoms with Crippen LogP contribution in [0.1, 0.15) is 30.8 Å². The summed E-state index contributed by atoms with van der Waals surface area (Å²) >= 11 is 0. The molecule has 1 aliphatic heterocycles. The molecule has 1 atom stereocenters. The van der Waals surface area contributed by atoms with Gasteiger partial charge in [-0.05, 0) is 42.8 Å². The molecule has 0 aliphatic carbocycles. The van der Waals surface area contributed by atoms with E-state index in [1.165, 1.54) is 18.4 Å². The van der Waals surface area contributed by atoms with E-state index in [9.17, 15) is 13.2 Å². The molecule has 0 fully saturated rings. The van der Waals surface area contributed by atoms with E-state index in [2.05, 4.69) is 10.3 Å². The number of carbonyl (C=O) groups excluding carboxylic acids is 1. The van der Waals surface area contributed by atoms with E-state index in [1.807, 2.05) is 36.7 Å². The van der Waals surface area contributed by atoms with Crippen molar-refractivity contribution in [1.82, 2.24) is 19.2 Å². The van der Waals surface area contributed by atoms with Gasteiger partial charge in [-0.15, -0.1) is 0 Å². The quantitative estimate of drug-likeness (QED) is 0.583. The van der Waals surface area contributed by atoms with Crippen LogP contribution in [0.5, 0.6) is 11.5 Å². The fraction of sp³-hybridized carbons (Fsp3) is 0.364. The van der Waals surface area contributed by atoms with Gasteiger partial charge in [0.1, 0.15) is 5.82 Å². The first-order valence-electron chi connectivity index (χ1n) is 10.2. The smallest absolute Gasteiger partial charge is 0.242 e. The van der Waals surface area contributed by atoms with E-state index in [-0.39, 0.29) is 30.1 Å². The first-order valence-corrected chi connectivity index (χ1v) is 11.7. The number of nitrogens with zero attached hydrogens (tertiary/aromatic N) is 3. The largest absolute Gasteiger partial charge is 0.454 e. The number of ether oxygens (including phenoxy) is 2. The number of aryl methyl sites for hydroxylation is 2. The Kier molecular flexibility index (Phi) is 5.83. The van der Waals surface area contributed by atoms with Crippen LogP contribution in [0.25, 0.3) is 11.0 Å². The lowest BCUT2D eigenvalue weighted by Gasteiger charge is -2.15. The van der Waals surface area contributed by atoms with Crippen molar-refractivity contribution in [2.75, 3.05) is 20.9 Å². The molecule has 0 bridgehead atoms. The summed E-state index contributed by atoms with van der Waals surface area (Å²) in [5.74, 6) is 2.00. The van der Waals surface area contributed by atoms with Gasteiger partial charge in [-0.3, -0.25) is 4.79 Å². The molecule has 32 heavy (non-hydrogen) atoms. The van der Waals surface area contributed by atoms with Gasteiger partial charge in [-0.25, -0.2) is 17.7 Å². The minimum Gasteiger partial charge on any atom is -0.454 e. The van der Waals surface area contributed by atoms with Gasteiger partial charge >= 0.3 is 0 Å². The lowest BCUT2D eigenvalue weighted by atomic mass is 10.1. The number of hydrogen-bond acceptors (Lipinski definition) is 6. The highest BCUT2D eigenvalue weighted by Crippen LogP contribution is 2.34. The highest BCUT2D eigenvalue weighted by atomic mass is 32.2. The summed E-state index contributed by atoms with van der Waals surface area (Å²) in [7, 11) is 1.31. The van der Waals surface area contributed by atoms with Crippen molar-refractivity contribution in [1.29, 1.82) is 0 Å². The summed E-state index contributed by atoms with van der Waals surface area (Å²) in [4.78, 5) is 17.3. The molecule has 0 unspecified atom stereocenters. The molecule has 3 aromatic rings. The van der Waals surface area contributed by atoms with Gasteiger partial charge in [0.15, 0.2) is 11.5 Å². The van der Waals surface area contributed by atoms with Crippen LogP contribution in [-0.4, -0.2) is 49.1 Å². The van der Waals surface area contributed by atoms with E-state index in [1.54, 1.807) is 18.2 Å². The number of nitrogens with one attached hydrogen (secondary N) is 1. The van der Waals surface area contributed by atoms with Crippen LogP contribution in [0.4, 0.5) is 0 Å². The number of rotatable bonds is 7. The van der Waals surface area contributed by atoms with Crippen molar-refractivity contribution in [2.45, 2.75) is 30.7 Å². The van der Waals surface area contributed by atoms with Gasteiger partial charge in [0.25, 0.3) is 0 Å². The van der Waals surface area contributed by atoms with Gasteiger partial charge < -0.3 is 19.4 Å². The first-order chi connectivity index (χ1) is 15.2. The van der Waals surface area contributed by atoms with Crippen LogP contribution in [0.2, 0.25) is 0 Å². The molecule has 0 spiro atoms. The van der Waals surface area contributed by atoms with E-state index in [0.717, 1.165) is 11.1 Å². The average molecular weight is 459 g/mol. The van der Waals surface area contributed by atoms with Crippen LogP contribution >= 0.6 is 0 Å². The van der Waals surface area contributed by atoms with Crippen molar-refractivity contribution in [3.63, 3.8) is 0 Å². The Balaban J connectivity index is 1.43. The van der Waals surface area contributed by atoms with E-state index < -0.39 is 10.0 Å². The van der Waals surface area contributed by atoms with Crippen molar-refractivity contribution in [3.8, 4) is 11.5 Å². The fourth-order valence-electron chi connectivity index (χ4n) is 3.63. The van der Waals surface area contributed by atoms with Gasteiger partial charge in [-0.2, -0.15) is 0 Å². The summed E-state index contributed by atoms with van der Waals surface area (Å²) in [6, 6.07) is 10.3. The highest BCUT2D eigenvalue weighted by molar-refractivity contribution is 7.89. The molecule has 0 radical (unpaired) electrons. The molecule has 1 amide bonds. The molecule has 2 heterocycles. The SMILES string of the molecule is C[C@H](NC(=O)CCc1nc2cc(S(=O)(=O)N(C)C)ccc2n1C)c1ccc2c(c1)OCO2. The Morgan fingerprint density at radius 3 is 2.69 bits per heavy atom. The van der Waals surface area contributed by atoms with Gasteiger partial charge in [0.05, 0.1) is 22.0 Å². The van der Waals surface area contributed by atoms with Crippen LogP contribution in [0.3, 0.4) is 0 Å². The summed E-state index contributed by atoms with van der Waals surface area (Å²) in [6.45, 7) is 2.12. The maximum Gasteiger partial charge on any atom is 0.242 e. The standard InChI is InChI=1S/C22H26N4O5S/c1-14(15-5-8-19-20(11-15)31-13-30-19)23-22(27)10-9-21-24-17-12-16(32(28,29)25(2)3)6-7-18(17)26(21)4/h5-8,11-12,14H,9-10,13H2,1-4H3,(H,23,27)/t14-/m0/s1. The summed E-state index contributed by atoms with van der Waals surface area (Å²) in [6.07, 6.45) is 0.690. The molecule has 9 nitrogen and oxygen atoms in total. The van der Waals surface area contributed by atoms with Gasteiger partial charge in [-0.1, -0.05) is 6.07 Å². The maximum absolute atomic E-state index is 12.5. The zero-order valence-electron chi connectivity index (χ0n) is 18.5. The summed E-state index contributed by atoms with van der Waals surface area (Å²) in [5, 5.41) is 3.00. The molecular formula is C22H26N4O5S. The Bertz CT molecular complexity index is 1280. The Morgan fingerprint density at radius 1 is 1.19 bits per heavy atom.